The van der Waals surface area contributed by atoms with Crippen molar-refractivity contribution in [2.24, 2.45) is 5.41 Å². The summed E-state index contributed by atoms with van der Waals surface area (Å²) in [6.45, 7) is 3.85. The van der Waals surface area contributed by atoms with Crippen LogP contribution in [0.25, 0.3) is 0 Å². The van der Waals surface area contributed by atoms with Crippen LogP contribution >= 0.6 is 11.6 Å². The summed E-state index contributed by atoms with van der Waals surface area (Å²) in [4.78, 5) is 26.7. The molecule has 162 valence electrons. The number of fused-ring (bicyclic) bond motifs is 1. The third-order valence-electron chi connectivity index (χ3n) is 5.56. The summed E-state index contributed by atoms with van der Waals surface area (Å²) in [6.07, 6.45) is -4.55. The Kier molecular flexibility index (Phi) is 5.12. The highest BCUT2D eigenvalue weighted by atomic mass is 35.5. The molecule has 0 spiro atoms. The molecule has 0 fully saturated rings. The van der Waals surface area contributed by atoms with Crippen molar-refractivity contribution in [2.45, 2.75) is 38.9 Å². The van der Waals surface area contributed by atoms with E-state index in [0.29, 0.717) is 22.7 Å². The maximum Gasteiger partial charge on any atom is 0.471 e. The lowest BCUT2D eigenvalue weighted by Crippen LogP contribution is -2.45. The summed E-state index contributed by atoms with van der Waals surface area (Å²) in [5, 5.41) is 3.33. The molecule has 1 atom stereocenters. The summed E-state index contributed by atoms with van der Waals surface area (Å²) in [6, 6.07) is 11.3. The first-order valence-corrected chi connectivity index (χ1v) is 10.1. The Balaban J connectivity index is 2.06. The van der Waals surface area contributed by atoms with E-state index in [2.05, 4.69) is 5.32 Å². The van der Waals surface area contributed by atoms with Gasteiger partial charge >= 0.3 is 12.1 Å². The summed E-state index contributed by atoms with van der Waals surface area (Å²) in [7, 11) is 0. The van der Waals surface area contributed by atoms with Gasteiger partial charge < -0.3 is 5.32 Å². The highest BCUT2D eigenvalue weighted by Crippen LogP contribution is 2.50. The third-order valence-corrected chi connectivity index (χ3v) is 5.91. The molecule has 1 N–H and O–H groups in total. The molecule has 0 saturated heterocycles. The Hall–Kier alpha value is -2.80. The molecule has 1 aliphatic heterocycles. The number of nitrogens with one attached hydrogen (secondary N) is 1. The van der Waals surface area contributed by atoms with E-state index >= 15 is 0 Å². The zero-order valence-electron chi connectivity index (χ0n) is 16.9. The number of carbonyl (C=O) groups excluding carboxylic acids is 2. The first-order valence-electron chi connectivity index (χ1n) is 9.77. The summed E-state index contributed by atoms with van der Waals surface area (Å²) < 4.78 is 41.2. The topological polar surface area (TPSA) is 49.4 Å². The van der Waals surface area contributed by atoms with E-state index in [4.69, 9.17) is 11.6 Å². The van der Waals surface area contributed by atoms with Gasteiger partial charge in [0.1, 0.15) is 0 Å². The molecule has 0 bridgehead atoms. The number of carbonyl (C=O) groups is 2. The van der Waals surface area contributed by atoms with Gasteiger partial charge in [-0.2, -0.15) is 13.2 Å². The van der Waals surface area contributed by atoms with Crippen LogP contribution in [0.15, 0.2) is 59.8 Å². The molecular weight excluding hydrogens is 429 g/mol. The van der Waals surface area contributed by atoms with E-state index in [-0.39, 0.29) is 39.5 Å². The SMILES string of the molecule is CC1(C)CC(=O)C2=C(C1)Nc1ccccc1N(C(=O)C(F)(F)F)[C@@H]2c1ccccc1Cl. The van der Waals surface area contributed by atoms with E-state index in [1.54, 1.807) is 36.4 Å². The first kappa shape index (κ1) is 21.4. The molecule has 4 rings (SSSR count). The molecule has 0 saturated carbocycles. The number of rotatable bonds is 1. The van der Waals surface area contributed by atoms with Crippen LogP contribution in [0.1, 0.15) is 38.3 Å². The molecule has 0 radical (unpaired) electrons. The molecule has 2 aromatic carbocycles. The quantitative estimate of drug-likeness (QED) is 0.578. The van der Waals surface area contributed by atoms with Crippen molar-refractivity contribution in [3.05, 3.63) is 70.4 Å². The predicted octanol–water partition coefficient (Wildman–Crippen LogP) is 6.05. The van der Waals surface area contributed by atoms with Crippen molar-refractivity contribution in [1.29, 1.82) is 0 Å². The lowest BCUT2D eigenvalue weighted by Gasteiger charge is -2.37. The van der Waals surface area contributed by atoms with Gasteiger partial charge in [0.15, 0.2) is 5.78 Å². The predicted molar refractivity (Wildman–Crippen MR) is 113 cm³/mol. The second kappa shape index (κ2) is 7.41. The van der Waals surface area contributed by atoms with E-state index in [1.165, 1.54) is 12.1 Å². The summed E-state index contributed by atoms with van der Waals surface area (Å²) in [5.74, 6) is -2.37. The number of alkyl halides is 3. The normalized spacial score (nSPS) is 20.5. The standard InChI is InChI=1S/C23H20ClF3N2O2/c1-22(2)11-16-19(18(30)12-22)20(13-7-3-4-8-14(13)24)29(21(31)23(25,26)27)17-10-6-5-9-15(17)28-16/h3-10,20,28H,11-12H2,1-2H3/t20-/m1/s1. The second-order valence-corrected chi connectivity index (χ2v) is 8.98. The lowest BCUT2D eigenvalue weighted by molar-refractivity contribution is -0.170. The fourth-order valence-corrected chi connectivity index (χ4v) is 4.58. The average Bonchev–Trinajstić information content (AvgIpc) is 2.80. The smallest absolute Gasteiger partial charge is 0.357 e. The van der Waals surface area contributed by atoms with Crippen LogP contribution in [-0.2, 0) is 9.59 Å². The molecule has 2 aliphatic rings. The molecule has 31 heavy (non-hydrogen) atoms. The van der Waals surface area contributed by atoms with Gasteiger partial charge in [-0.25, -0.2) is 0 Å². The van der Waals surface area contributed by atoms with Gasteiger partial charge in [-0.3, -0.25) is 14.5 Å². The zero-order chi connectivity index (χ0) is 22.6. The van der Waals surface area contributed by atoms with Gasteiger partial charge in [0.25, 0.3) is 0 Å². The largest absolute Gasteiger partial charge is 0.471 e. The van der Waals surface area contributed by atoms with Crippen LogP contribution in [0.5, 0.6) is 0 Å². The van der Waals surface area contributed by atoms with Crippen LogP contribution in [-0.4, -0.2) is 17.9 Å². The Morgan fingerprint density at radius 2 is 1.74 bits per heavy atom. The minimum absolute atomic E-state index is 0.0368. The fourth-order valence-electron chi connectivity index (χ4n) is 4.34. The van der Waals surface area contributed by atoms with Gasteiger partial charge in [0.2, 0.25) is 0 Å². The number of benzene rings is 2. The Morgan fingerprint density at radius 1 is 1.10 bits per heavy atom. The molecule has 1 aliphatic carbocycles. The van der Waals surface area contributed by atoms with Crippen LogP contribution < -0.4 is 10.2 Å². The monoisotopic (exact) mass is 448 g/mol. The van der Waals surface area contributed by atoms with Crippen molar-refractivity contribution in [3.63, 3.8) is 0 Å². The minimum atomic E-state index is -5.14. The number of halogens is 4. The summed E-state index contributed by atoms with van der Waals surface area (Å²) in [5.41, 5.74) is 0.895. The fraction of sp³-hybridized carbons (Fsp3) is 0.304. The average molecular weight is 449 g/mol. The number of anilines is 2. The molecule has 1 heterocycles. The van der Waals surface area contributed by atoms with Gasteiger partial charge in [0, 0.05) is 22.7 Å². The molecule has 8 heteroatoms. The second-order valence-electron chi connectivity index (χ2n) is 8.57. The number of ketones is 1. The molecule has 0 unspecified atom stereocenters. The minimum Gasteiger partial charge on any atom is -0.357 e. The number of Topliss-reactive ketones (excluding diaryl/α,β-unsaturated/α-hetero) is 1. The number of hydrogen-bond donors (Lipinski definition) is 1. The molecule has 2 aromatic rings. The number of nitrogens with zero attached hydrogens (tertiary/aromatic N) is 1. The van der Waals surface area contributed by atoms with E-state index in [9.17, 15) is 22.8 Å². The zero-order valence-corrected chi connectivity index (χ0v) is 17.6. The molecular formula is C23H20ClF3N2O2. The van der Waals surface area contributed by atoms with Crippen molar-refractivity contribution < 1.29 is 22.8 Å². The van der Waals surface area contributed by atoms with Crippen molar-refractivity contribution in [2.75, 3.05) is 10.2 Å². The lowest BCUT2D eigenvalue weighted by atomic mass is 9.73. The Labute approximate surface area is 182 Å². The van der Waals surface area contributed by atoms with Crippen LogP contribution in [0.4, 0.5) is 24.5 Å². The van der Waals surface area contributed by atoms with E-state index in [1.807, 2.05) is 13.8 Å². The number of hydrogen-bond acceptors (Lipinski definition) is 3. The third kappa shape index (κ3) is 3.83. The Morgan fingerprint density at radius 3 is 2.42 bits per heavy atom. The van der Waals surface area contributed by atoms with E-state index in [0.717, 1.165) is 0 Å². The van der Waals surface area contributed by atoms with Crippen molar-refractivity contribution >= 4 is 34.7 Å². The summed E-state index contributed by atoms with van der Waals surface area (Å²) >= 11 is 6.38. The highest BCUT2D eigenvalue weighted by molar-refractivity contribution is 6.31. The Bertz CT molecular complexity index is 1110. The van der Waals surface area contributed by atoms with Crippen LogP contribution in [0, 0.1) is 5.41 Å². The number of amides is 1. The van der Waals surface area contributed by atoms with Crippen LogP contribution in [0.2, 0.25) is 5.02 Å². The molecule has 4 nitrogen and oxygen atoms in total. The molecule has 1 amide bonds. The van der Waals surface area contributed by atoms with E-state index < -0.39 is 18.1 Å². The van der Waals surface area contributed by atoms with Gasteiger partial charge in [0.05, 0.1) is 17.4 Å². The van der Waals surface area contributed by atoms with Crippen LogP contribution in [0.3, 0.4) is 0 Å². The van der Waals surface area contributed by atoms with Gasteiger partial charge in [-0.1, -0.05) is 55.8 Å². The first-order chi connectivity index (χ1) is 14.5. The highest BCUT2D eigenvalue weighted by Gasteiger charge is 2.50. The van der Waals surface area contributed by atoms with Gasteiger partial charge in [-0.15, -0.1) is 0 Å². The maximum absolute atomic E-state index is 13.7. The molecule has 0 aromatic heterocycles. The number of para-hydroxylation sites is 2. The van der Waals surface area contributed by atoms with Gasteiger partial charge in [-0.05, 0) is 35.6 Å². The van der Waals surface area contributed by atoms with Crippen molar-refractivity contribution in [3.8, 4) is 0 Å². The number of allylic oxidation sites excluding steroid dienone is 1. The maximum atomic E-state index is 13.7. The van der Waals surface area contributed by atoms with Crippen molar-refractivity contribution in [1.82, 2.24) is 0 Å².